The van der Waals surface area contributed by atoms with E-state index in [4.69, 9.17) is 5.11 Å². The minimum atomic E-state index is -0.688. The monoisotopic (exact) mass is 256 g/mol. The second kappa shape index (κ2) is 6.07. The number of aliphatic carboxylic acids is 1. The van der Waals surface area contributed by atoms with Crippen LogP contribution in [0.4, 0.5) is 4.79 Å². The lowest BCUT2D eigenvalue weighted by atomic mass is 9.82. The Labute approximate surface area is 108 Å². The molecular formula is C13H24N2O3. The Hall–Kier alpha value is -1.26. The Balaban J connectivity index is 2.22. The second-order valence-electron chi connectivity index (χ2n) is 6.14. The molecule has 1 aliphatic carbocycles. The van der Waals surface area contributed by atoms with E-state index < -0.39 is 5.97 Å². The summed E-state index contributed by atoms with van der Waals surface area (Å²) >= 11 is 0. The van der Waals surface area contributed by atoms with Gasteiger partial charge in [-0.15, -0.1) is 0 Å². The Morgan fingerprint density at radius 2 is 1.72 bits per heavy atom. The van der Waals surface area contributed by atoms with E-state index in [2.05, 4.69) is 10.6 Å². The Morgan fingerprint density at radius 1 is 1.17 bits per heavy atom. The van der Waals surface area contributed by atoms with E-state index in [0.717, 1.165) is 25.7 Å². The van der Waals surface area contributed by atoms with Crippen molar-refractivity contribution >= 4 is 12.0 Å². The van der Waals surface area contributed by atoms with E-state index in [1.165, 1.54) is 0 Å². The number of hydrogen-bond donors (Lipinski definition) is 3. The molecule has 0 saturated heterocycles. The highest BCUT2D eigenvalue weighted by Gasteiger charge is 2.26. The standard InChI is InChI=1S/C13H24N2O3/c1-13(2,3)15-12(18)14-8-9-4-6-10(7-5-9)11(16)17/h9-10H,4-8H2,1-3H3,(H,16,17)(H2,14,15,18). The van der Waals surface area contributed by atoms with Crippen molar-refractivity contribution in [1.82, 2.24) is 10.6 Å². The van der Waals surface area contributed by atoms with Crippen LogP contribution in [0.3, 0.4) is 0 Å². The molecule has 0 atom stereocenters. The van der Waals surface area contributed by atoms with E-state index >= 15 is 0 Å². The number of carboxylic acid groups (broad SMARTS) is 1. The number of amides is 2. The van der Waals surface area contributed by atoms with Crippen molar-refractivity contribution in [2.75, 3.05) is 6.54 Å². The maximum atomic E-state index is 11.6. The van der Waals surface area contributed by atoms with Crippen molar-refractivity contribution in [2.24, 2.45) is 11.8 Å². The van der Waals surface area contributed by atoms with E-state index in [1.54, 1.807) is 0 Å². The highest BCUT2D eigenvalue weighted by molar-refractivity contribution is 5.74. The molecule has 0 bridgehead atoms. The lowest BCUT2D eigenvalue weighted by Gasteiger charge is -2.27. The van der Waals surface area contributed by atoms with Crippen molar-refractivity contribution in [3.05, 3.63) is 0 Å². The number of carbonyl (C=O) groups excluding carboxylic acids is 1. The minimum absolute atomic E-state index is 0.150. The maximum Gasteiger partial charge on any atom is 0.315 e. The molecule has 0 aromatic heterocycles. The van der Waals surface area contributed by atoms with Crippen molar-refractivity contribution in [3.8, 4) is 0 Å². The molecule has 18 heavy (non-hydrogen) atoms. The predicted octanol–water partition coefficient (Wildman–Crippen LogP) is 1.98. The Bertz CT molecular complexity index is 302. The quantitative estimate of drug-likeness (QED) is 0.722. The molecule has 2 amide bonds. The minimum Gasteiger partial charge on any atom is -0.481 e. The lowest BCUT2D eigenvalue weighted by Crippen LogP contribution is -2.47. The SMILES string of the molecule is CC(C)(C)NC(=O)NCC1CCC(C(=O)O)CC1. The third-order valence-electron chi connectivity index (χ3n) is 3.24. The van der Waals surface area contributed by atoms with Crippen LogP contribution < -0.4 is 10.6 Å². The number of hydrogen-bond acceptors (Lipinski definition) is 2. The summed E-state index contributed by atoms with van der Waals surface area (Å²) in [6.07, 6.45) is 3.21. The van der Waals surface area contributed by atoms with Gasteiger partial charge in [0.05, 0.1) is 5.92 Å². The zero-order chi connectivity index (χ0) is 13.8. The van der Waals surface area contributed by atoms with Gasteiger partial charge in [0, 0.05) is 12.1 Å². The van der Waals surface area contributed by atoms with Crippen LogP contribution >= 0.6 is 0 Å². The first-order valence-electron chi connectivity index (χ1n) is 6.57. The molecule has 1 saturated carbocycles. The third kappa shape index (κ3) is 5.38. The predicted molar refractivity (Wildman–Crippen MR) is 69.4 cm³/mol. The van der Waals surface area contributed by atoms with Crippen LogP contribution in [0.15, 0.2) is 0 Å². The second-order valence-corrected chi connectivity index (χ2v) is 6.14. The first kappa shape index (κ1) is 14.8. The zero-order valence-corrected chi connectivity index (χ0v) is 11.5. The number of urea groups is 1. The third-order valence-corrected chi connectivity index (χ3v) is 3.24. The van der Waals surface area contributed by atoms with Crippen molar-refractivity contribution in [1.29, 1.82) is 0 Å². The molecule has 0 radical (unpaired) electrons. The van der Waals surface area contributed by atoms with Crippen LogP contribution in [-0.2, 0) is 4.79 Å². The van der Waals surface area contributed by atoms with Crippen LogP contribution in [0, 0.1) is 11.8 Å². The van der Waals surface area contributed by atoms with Crippen LogP contribution in [0.25, 0.3) is 0 Å². The molecule has 1 fully saturated rings. The van der Waals surface area contributed by atoms with Gasteiger partial charge in [0.25, 0.3) is 0 Å². The summed E-state index contributed by atoms with van der Waals surface area (Å²) in [6, 6.07) is -0.150. The molecule has 0 unspecified atom stereocenters. The van der Waals surface area contributed by atoms with Gasteiger partial charge in [0.2, 0.25) is 0 Å². The van der Waals surface area contributed by atoms with Gasteiger partial charge in [-0.1, -0.05) is 0 Å². The molecule has 0 spiro atoms. The molecule has 1 rings (SSSR count). The molecule has 104 valence electrons. The summed E-state index contributed by atoms with van der Waals surface area (Å²) in [5, 5.41) is 14.6. The fourth-order valence-electron chi connectivity index (χ4n) is 2.24. The van der Waals surface area contributed by atoms with Gasteiger partial charge >= 0.3 is 12.0 Å². The first-order chi connectivity index (χ1) is 8.28. The van der Waals surface area contributed by atoms with Crippen molar-refractivity contribution in [2.45, 2.75) is 52.0 Å². The smallest absolute Gasteiger partial charge is 0.315 e. The Kier molecular flexibility index (Phi) is 4.99. The van der Waals surface area contributed by atoms with Gasteiger partial charge in [-0.3, -0.25) is 4.79 Å². The summed E-state index contributed by atoms with van der Waals surface area (Å²) < 4.78 is 0. The topological polar surface area (TPSA) is 78.4 Å². The van der Waals surface area contributed by atoms with Gasteiger partial charge in [-0.25, -0.2) is 4.79 Å². The number of rotatable bonds is 3. The van der Waals surface area contributed by atoms with E-state index in [-0.39, 0.29) is 17.5 Å². The average molecular weight is 256 g/mol. The van der Waals surface area contributed by atoms with Crippen molar-refractivity contribution < 1.29 is 14.7 Å². The fourth-order valence-corrected chi connectivity index (χ4v) is 2.24. The normalized spacial score (nSPS) is 24.4. The van der Waals surface area contributed by atoms with Crippen LogP contribution in [0.5, 0.6) is 0 Å². The number of carboxylic acids is 1. The van der Waals surface area contributed by atoms with Gasteiger partial charge in [0.15, 0.2) is 0 Å². The molecule has 5 nitrogen and oxygen atoms in total. The summed E-state index contributed by atoms with van der Waals surface area (Å²) in [5.41, 5.74) is -0.231. The largest absolute Gasteiger partial charge is 0.481 e. The molecule has 0 heterocycles. The number of nitrogens with one attached hydrogen (secondary N) is 2. The number of carbonyl (C=O) groups is 2. The summed E-state index contributed by atoms with van der Waals surface area (Å²) in [4.78, 5) is 22.4. The molecule has 3 N–H and O–H groups in total. The van der Waals surface area contributed by atoms with Crippen molar-refractivity contribution in [3.63, 3.8) is 0 Å². The molecular weight excluding hydrogens is 232 g/mol. The average Bonchev–Trinajstić information content (AvgIpc) is 2.24. The maximum absolute atomic E-state index is 11.6. The lowest BCUT2D eigenvalue weighted by molar-refractivity contribution is -0.143. The fraction of sp³-hybridized carbons (Fsp3) is 0.846. The van der Waals surface area contributed by atoms with Crippen LogP contribution in [0.2, 0.25) is 0 Å². The summed E-state index contributed by atoms with van der Waals surface area (Å²) in [6.45, 7) is 6.44. The van der Waals surface area contributed by atoms with E-state index in [1.807, 2.05) is 20.8 Å². The molecule has 5 heteroatoms. The van der Waals surface area contributed by atoms with Crippen LogP contribution in [-0.4, -0.2) is 29.2 Å². The summed E-state index contributed by atoms with van der Waals surface area (Å²) in [5.74, 6) is -0.470. The zero-order valence-electron chi connectivity index (χ0n) is 11.5. The highest BCUT2D eigenvalue weighted by atomic mass is 16.4. The van der Waals surface area contributed by atoms with Gasteiger partial charge in [-0.05, 0) is 52.4 Å². The first-order valence-corrected chi connectivity index (χ1v) is 6.57. The Morgan fingerprint density at radius 3 is 2.17 bits per heavy atom. The van der Waals surface area contributed by atoms with Gasteiger partial charge in [-0.2, -0.15) is 0 Å². The van der Waals surface area contributed by atoms with Gasteiger partial charge < -0.3 is 15.7 Å². The molecule has 0 aromatic carbocycles. The molecule has 0 aromatic rings. The molecule has 0 aliphatic heterocycles. The summed E-state index contributed by atoms with van der Waals surface area (Å²) in [7, 11) is 0. The van der Waals surface area contributed by atoms with E-state index in [0.29, 0.717) is 12.5 Å². The van der Waals surface area contributed by atoms with Crippen LogP contribution in [0.1, 0.15) is 46.5 Å². The molecule has 1 aliphatic rings. The van der Waals surface area contributed by atoms with Gasteiger partial charge in [0.1, 0.15) is 0 Å². The highest BCUT2D eigenvalue weighted by Crippen LogP contribution is 2.28. The van der Waals surface area contributed by atoms with E-state index in [9.17, 15) is 9.59 Å².